The smallest absolute Gasteiger partial charge is 0.309 e. The van der Waals surface area contributed by atoms with Gasteiger partial charge in [0.05, 0.1) is 11.5 Å². The minimum Gasteiger partial charge on any atom is -0.452 e. The van der Waals surface area contributed by atoms with E-state index in [4.69, 9.17) is 4.74 Å². The lowest BCUT2D eigenvalue weighted by atomic mass is 9.96. The fourth-order valence-corrected chi connectivity index (χ4v) is 4.45. The van der Waals surface area contributed by atoms with Gasteiger partial charge in [-0.2, -0.15) is 0 Å². The number of carbonyl (C=O) groups is 3. The lowest BCUT2D eigenvalue weighted by molar-refractivity contribution is -0.159. The van der Waals surface area contributed by atoms with Gasteiger partial charge in [-0.3, -0.25) is 14.4 Å². The summed E-state index contributed by atoms with van der Waals surface area (Å²) in [6.45, 7) is 2.65. The predicted molar refractivity (Wildman–Crippen MR) is 118 cm³/mol. The monoisotopic (exact) mass is 456 g/mol. The molecule has 8 heteroatoms. The summed E-state index contributed by atoms with van der Waals surface area (Å²) >= 11 is 0. The highest BCUT2D eigenvalue weighted by Gasteiger charge is 2.33. The van der Waals surface area contributed by atoms with Crippen LogP contribution in [0.5, 0.6) is 0 Å². The van der Waals surface area contributed by atoms with Crippen LogP contribution >= 0.6 is 0 Å². The zero-order chi connectivity index (χ0) is 23.5. The third kappa shape index (κ3) is 4.89. The highest BCUT2D eigenvalue weighted by Crippen LogP contribution is 2.28. The number of esters is 1. The largest absolute Gasteiger partial charge is 0.452 e. The molecule has 2 aromatic rings. The van der Waals surface area contributed by atoms with E-state index in [-0.39, 0.29) is 24.6 Å². The van der Waals surface area contributed by atoms with E-state index in [1.165, 1.54) is 4.90 Å². The summed E-state index contributed by atoms with van der Waals surface area (Å²) in [5.41, 5.74) is 1.76. The van der Waals surface area contributed by atoms with Crippen LogP contribution < -0.4 is 4.90 Å². The molecule has 2 aromatic carbocycles. The molecule has 0 radical (unpaired) electrons. The Hall–Kier alpha value is -3.29. The molecule has 2 aliphatic rings. The van der Waals surface area contributed by atoms with Gasteiger partial charge in [0.2, 0.25) is 0 Å². The zero-order valence-corrected chi connectivity index (χ0v) is 18.4. The number of fused-ring (bicyclic) bond motifs is 1. The Morgan fingerprint density at radius 2 is 1.76 bits per heavy atom. The van der Waals surface area contributed by atoms with Crippen LogP contribution in [0, 0.1) is 17.6 Å². The molecule has 1 fully saturated rings. The Bertz CT molecular complexity index is 1070. The quantitative estimate of drug-likeness (QED) is 0.658. The van der Waals surface area contributed by atoms with Crippen LogP contribution in [-0.4, -0.2) is 48.4 Å². The van der Waals surface area contributed by atoms with Crippen molar-refractivity contribution in [2.24, 2.45) is 5.92 Å². The topological polar surface area (TPSA) is 66.9 Å². The number of carbonyl (C=O) groups excluding carboxylic acids is 3. The standard InChI is InChI=1S/C25H26F2N2O4/c1-16(23(30)29-12-4-6-17-5-2-3-7-22(17)29)33-25(32)18-10-13-28(14-11-18)24(31)20-9-8-19(26)15-21(20)27/h2-3,5,7-9,15-16,18H,4,6,10-14H2,1H3. The van der Waals surface area contributed by atoms with E-state index < -0.39 is 35.5 Å². The molecular formula is C25H26F2N2O4. The molecule has 0 aromatic heterocycles. The highest BCUT2D eigenvalue weighted by molar-refractivity contribution is 5.98. The molecule has 6 nitrogen and oxygen atoms in total. The molecule has 2 aliphatic heterocycles. The van der Waals surface area contributed by atoms with E-state index in [0.29, 0.717) is 25.5 Å². The van der Waals surface area contributed by atoms with E-state index in [0.717, 1.165) is 36.2 Å². The number of piperidine rings is 1. The summed E-state index contributed by atoms with van der Waals surface area (Å²) in [6, 6.07) is 10.6. The van der Waals surface area contributed by atoms with Crippen LogP contribution in [0.2, 0.25) is 0 Å². The predicted octanol–water partition coefficient (Wildman–Crippen LogP) is 3.73. The highest BCUT2D eigenvalue weighted by atomic mass is 19.1. The van der Waals surface area contributed by atoms with Gasteiger partial charge in [0, 0.05) is 31.4 Å². The normalized spacial score (nSPS) is 17.3. The molecule has 1 unspecified atom stereocenters. The van der Waals surface area contributed by atoms with Gasteiger partial charge in [0.25, 0.3) is 11.8 Å². The minimum atomic E-state index is -0.920. The first-order valence-electron chi connectivity index (χ1n) is 11.2. The van der Waals surface area contributed by atoms with Gasteiger partial charge in [0.15, 0.2) is 6.10 Å². The maximum Gasteiger partial charge on any atom is 0.309 e. The lowest BCUT2D eigenvalue weighted by Crippen LogP contribution is -2.45. The second-order valence-electron chi connectivity index (χ2n) is 8.49. The average Bonchev–Trinajstić information content (AvgIpc) is 2.83. The number of rotatable bonds is 4. The summed E-state index contributed by atoms with van der Waals surface area (Å²) in [4.78, 5) is 41.3. The molecule has 2 heterocycles. The molecule has 1 saturated heterocycles. The van der Waals surface area contributed by atoms with Crippen molar-refractivity contribution in [2.75, 3.05) is 24.5 Å². The number of para-hydroxylation sites is 1. The van der Waals surface area contributed by atoms with E-state index in [1.807, 2.05) is 24.3 Å². The Labute approximate surface area is 191 Å². The van der Waals surface area contributed by atoms with Crippen LogP contribution in [0.15, 0.2) is 42.5 Å². The molecule has 174 valence electrons. The summed E-state index contributed by atoms with van der Waals surface area (Å²) in [7, 11) is 0. The van der Waals surface area contributed by atoms with E-state index in [9.17, 15) is 23.2 Å². The van der Waals surface area contributed by atoms with Crippen LogP contribution in [-0.2, 0) is 20.7 Å². The Morgan fingerprint density at radius 1 is 1.03 bits per heavy atom. The third-order valence-electron chi connectivity index (χ3n) is 6.29. The average molecular weight is 456 g/mol. The fourth-order valence-electron chi connectivity index (χ4n) is 4.45. The van der Waals surface area contributed by atoms with Crippen LogP contribution in [0.25, 0.3) is 0 Å². The van der Waals surface area contributed by atoms with E-state index in [2.05, 4.69) is 0 Å². The van der Waals surface area contributed by atoms with Gasteiger partial charge >= 0.3 is 5.97 Å². The van der Waals surface area contributed by atoms with Crippen LogP contribution in [0.1, 0.15) is 42.1 Å². The molecule has 1 atom stereocenters. The third-order valence-corrected chi connectivity index (χ3v) is 6.29. The maximum absolute atomic E-state index is 13.9. The molecule has 0 aliphatic carbocycles. The number of benzene rings is 2. The first-order valence-corrected chi connectivity index (χ1v) is 11.2. The van der Waals surface area contributed by atoms with Crippen molar-refractivity contribution in [2.45, 2.75) is 38.7 Å². The van der Waals surface area contributed by atoms with Crippen molar-refractivity contribution < 1.29 is 27.9 Å². The Kier molecular flexibility index (Phi) is 6.72. The number of aryl methyl sites for hydroxylation is 1. The zero-order valence-electron chi connectivity index (χ0n) is 18.4. The number of halogens is 2. The molecule has 4 rings (SSSR count). The molecule has 0 N–H and O–H groups in total. The summed E-state index contributed by atoms with van der Waals surface area (Å²) < 4.78 is 32.5. The lowest BCUT2D eigenvalue weighted by Gasteiger charge is -2.33. The van der Waals surface area contributed by atoms with Crippen molar-refractivity contribution >= 4 is 23.5 Å². The number of nitrogens with zero attached hydrogens (tertiary/aromatic N) is 2. The van der Waals surface area contributed by atoms with Crippen molar-refractivity contribution in [1.29, 1.82) is 0 Å². The van der Waals surface area contributed by atoms with Gasteiger partial charge in [-0.05, 0) is 56.4 Å². The number of anilines is 1. The van der Waals surface area contributed by atoms with Gasteiger partial charge in [-0.15, -0.1) is 0 Å². The first kappa shape index (κ1) is 22.9. The molecule has 33 heavy (non-hydrogen) atoms. The molecule has 2 amide bonds. The molecule has 0 bridgehead atoms. The SMILES string of the molecule is CC(OC(=O)C1CCN(C(=O)c2ccc(F)cc2F)CC1)C(=O)N1CCCc2ccccc21. The number of likely N-dealkylation sites (tertiary alicyclic amines) is 1. The second-order valence-corrected chi connectivity index (χ2v) is 8.49. The Morgan fingerprint density at radius 3 is 2.48 bits per heavy atom. The van der Waals surface area contributed by atoms with E-state index in [1.54, 1.807) is 11.8 Å². The second kappa shape index (κ2) is 9.68. The van der Waals surface area contributed by atoms with Gasteiger partial charge in [0.1, 0.15) is 11.6 Å². The molecule has 0 saturated carbocycles. The van der Waals surface area contributed by atoms with Crippen molar-refractivity contribution in [3.63, 3.8) is 0 Å². The number of amides is 2. The number of ether oxygens (including phenoxy) is 1. The van der Waals surface area contributed by atoms with Gasteiger partial charge in [-0.1, -0.05) is 18.2 Å². The number of hydrogen-bond donors (Lipinski definition) is 0. The van der Waals surface area contributed by atoms with E-state index >= 15 is 0 Å². The van der Waals surface area contributed by atoms with Crippen molar-refractivity contribution in [3.05, 3.63) is 65.2 Å². The van der Waals surface area contributed by atoms with Crippen LogP contribution in [0.4, 0.5) is 14.5 Å². The summed E-state index contributed by atoms with van der Waals surface area (Å²) in [5.74, 6) is -3.37. The first-order chi connectivity index (χ1) is 15.8. The van der Waals surface area contributed by atoms with Crippen molar-refractivity contribution in [1.82, 2.24) is 4.90 Å². The number of hydrogen-bond acceptors (Lipinski definition) is 4. The summed E-state index contributed by atoms with van der Waals surface area (Å²) in [5, 5.41) is 0. The molecule has 0 spiro atoms. The van der Waals surface area contributed by atoms with Crippen molar-refractivity contribution in [3.8, 4) is 0 Å². The summed E-state index contributed by atoms with van der Waals surface area (Å²) in [6.07, 6.45) is 1.54. The molecular weight excluding hydrogens is 430 g/mol. The Balaban J connectivity index is 1.32. The minimum absolute atomic E-state index is 0.196. The maximum atomic E-state index is 13.9. The van der Waals surface area contributed by atoms with Gasteiger partial charge in [-0.25, -0.2) is 8.78 Å². The van der Waals surface area contributed by atoms with Crippen LogP contribution in [0.3, 0.4) is 0 Å². The fraction of sp³-hybridized carbons (Fsp3) is 0.400. The van der Waals surface area contributed by atoms with Gasteiger partial charge < -0.3 is 14.5 Å².